The summed E-state index contributed by atoms with van der Waals surface area (Å²) in [7, 11) is -4.71. The Bertz CT molecular complexity index is 681. The Hall–Kier alpha value is -0.950. The zero-order valence-corrected chi connectivity index (χ0v) is 28.8. The van der Waals surface area contributed by atoms with Gasteiger partial charge in [0.1, 0.15) is 6.61 Å². The van der Waals surface area contributed by atoms with Crippen molar-refractivity contribution in [2.75, 3.05) is 13.2 Å². The van der Waals surface area contributed by atoms with Crippen molar-refractivity contribution in [3.8, 4) is 0 Å². The summed E-state index contributed by atoms with van der Waals surface area (Å²) < 4.78 is 25.6. The predicted octanol–water partition coefficient (Wildman–Crippen LogP) is 10.1. The first-order valence-electron chi connectivity index (χ1n) is 17.8. The molecule has 0 spiro atoms. The molecule has 0 saturated heterocycles. The fraction of sp³-hybridized carbons (Fsp3) is 0.941. The standard InChI is InChI=1S/C34H67O8P/c1-3-5-6-7-8-9-10-11-12-13-14-15-16-17-18-19-20-21-22-23-24-25-26-27-29-33(35)40-30-32(31-41-43(37,38)39)42-34(36)28-4-2/h32H,3-31H2,1-2H3,(H2,37,38,39)/t32-/m1/s1. The highest BCUT2D eigenvalue weighted by atomic mass is 31.2. The highest BCUT2D eigenvalue weighted by molar-refractivity contribution is 7.46. The van der Waals surface area contributed by atoms with E-state index in [2.05, 4.69) is 11.4 Å². The zero-order chi connectivity index (χ0) is 31.9. The average Bonchev–Trinajstić information content (AvgIpc) is 2.96. The van der Waals surface area contributed by atoms with E-state index in [1.165, 1.54) is 135 Å². The van der Waals surface area contributed by atoms with Crippen molar-refractivity contribution < 1.29 is 37.9 Å². The summed E-state index contributed by atoms with van der Waals surface area (Å²) in [4.78, 5) is 41.5. The molecule has 0 aromatic rings. The molecular weight excluding hydrogens is 567 g/mol. The Morgan fingerprint density at radius 1 is 0.512 bits per heavy atom. The van der Waals surface area contributed by atoms with Gasteiger partial charge in [0, 0.05) is 12.8 Å². The molecule has 0 unspecified atom stereocenters. The van der Waals surface area contributed by atoms with Crippen molar-refractivity contribution in [3.63, 3.8) is 0 Å². The van der Waals surface area contributed by atoms with E-state index in [9.17, 15) is 14.2 Å². The topological polar surface area (TPSA) is 119 Å². The Morgan fingerprint density at radius 3 is 1.23 bits per heavy atom. The first-order chi connectivity index (χ1) is 20.8. The molecule has 0 aliphatic heterocycles. The summed E-state index contributed by atoms with van der Waals surface area (Å²) in [6.45, 7) is 3.27. The van der Waals surface area contributed by atoms with Crippen molar-refractivity contribution in [1.82, 2.24) is 0 Å². The first kappa shape index (κ1) is 42.0. The second kappa shape index (κ2) is 31.0. The van der Waals surface area contributed by atoms with E-state index < -0.39 is 32.5 Å². The van der Waals surface area contributed by atoms with Gasteiger partial charge in [-0.15, -0.1) is 0 Å². The van der Waals surface area contributed by atoms with Crippen LogP contribution in [0.1, 0.15) is 187 Å². The van der Waals surface area contributed by atoms with Gasteiger partial charge in [0.2, 0.25) is 0 Å². The SMILES string of the molecule is CCCCCCCCCCCCCCCCCCCCCCCCCCC(=O)OC[C@H](COP(=O)(O)O)OC(=O)CCC. The van der Waals surface area contributed by atoms with E-state index in [4.69, 9.17) is 19.3 Å². The molecule has 256 valence electrons. The van der Waals surface area contributed by atoms with Gasteiger partial charge >= 0.3 is 19.8 Å². The summed E-state index contributed by atoms with van der Waals surface area (Å²) in [5, 5.41) is 0. The molecule has 9 heteroatoms. The fourth-order valence-electron chi connectivity index (χ4n) is 5.24. The summed E-state index contributed by atoms with van der Waals surface area (Å²) in [6.07, 6.45) is 31.8. The molecule has 0 saturated carbocycles. The van der Waals surface area contributed by atoms with Gasteiger partial charge in [0.25, 0.3) is 0 Å². The predicted molar refractivity (Wildman–Crippen MR) is 175 cm³/mol. The molecule has 0 radical (unpaired) electrons. The third-order valence-corrected chi connectivity index (χ3v) is 8.33. The largest absolute Gasteiger partial charge is 0.469 e. The van der Waals surface area contributed by atoms with Crippen molar-refractivity contribution in [1.29, 1.82) is 0 Å². The number of hydrogen-bond donors (Lipinski definition) is 2. The third kappa shape index (κ3) is 33.8. The van der Waals surface area contributed by atoms with Crippen LogP contribution in [-0.2, 0) is 28.2 Å². The van der Waals surface area contributed by atoms with E-state index in [1.54, 1.807) is 0 Å². The maximum absolute atomic E-state index is 12.0. The van der Waals surface area contributed by atoms with E-state index in [0.29, 0.717) is 6.42 Å². The maximum Gasteiger partial charge on any atom is 0.469 e. The minimum absolute atomic E-state index is 0.167. The van der Waals surface area contributed by atoms with Gasteiger partial charge in [-0.1, -0.05) is 162 Å². The van der Waals surface area contributed by atoms with Crippen LogP contribution in [0, 0.1) is 0 Å². The Balaban J connectivity index is 3.49. The van der Waals surface area contributed by atoms with E-state index in [-0.39, 0.29) is 19.4 Å². The molecular formula is C34H67O8P. The molecule has 0 aromatic heterocycles. The lowest BCUT2D eigenvalue weighted by molar-refractivity contribution is -0.161. The number of hydrogen-bond acceptors (Lipinski definition) is 6. The number of phosphoric acid groups is 1. The number of unbranched alkanes of at least 4 members (excludes halogenated alkanes) is 23. The van der Waals surface area contributed by atoms with Crippen molar-refractivity contribution in [3.05, 3.63) is 0 Å². The van der Waals surface area contributed by atoms with Gasteiger partial charge in [-0.25, -0.2) is 4.57 Å². The van der Waals surface area contributed by atoms with Gasteiger partial charge in [-0.2, -0.15) is 0 Å². The van der Waals surface area contributed by atoms with Crippen molar-refractivity contribution in [2.45, 2.75) is 193 Å². The highest BCUT2D eigenvalue weighted by Gasteiger charge is 2.22. The van der Waals surface area contributed by atoms with Gasteiger partial charge in [0.15, 0.2) is 6.10 Å². The van der Waals surface area contributed by atoms with Crippen LogP contribution in [0.3, 0.4) is 0 Å². The molecule has 0 heterocycles. The third-order valence-electron chi connectivity index (χ3n) is 7.85. The fourth-order valence-corrected chi connectivity index (χ4v) is 5.60. The maximum atomic E-state index is 12.0. The highest BCUT2D eigenvalue weighted by Crippen LogP contribution is 2.35. The van der Waals surface area contributed by atoms with Gasteiger partial charge in [-0.05, 0) is 12.8 Å². The quantitative estimate of drug-likeness (QED) is 0.0416. The molecule has 0 rings (SSSR count). The lowest BCUT2D eigenvalue weighted by Gasteiger charge is -2.18. The number of carbonyl (C=O) groups is 2. The molecule has 0 aliphatic rings. The second-order valence-electron chi connectivity index (χ2n) is 12.2. The summed E-state index contributed by atoms with van der Waals surface area (Å²) in [6, 6.07) is 0. The number of carbonyl (C=O) groups excluding carboxylic acids is 2. The summed E-state index contributed by atoms with van der Waals surface area (Å²) >= 11 is 0. The van der Waals surface area contributed by atoms with E-state index in [0.717, 1.165) is 19.3 Å². The zero-order valence-electron chi connectivity index (χ0n) is 27.9. The normalized spacial score (nSPS) is 12.4. The molecule has 0 amide bonds. The summed E-state index contributed by atoms with van der Waals surface area (Å²) in [5.74, 6) is -0.936. The minimum atomic E-state index is -4.71. The molecule has 0 aliphatic carbocycles. The van der Waals surface area contributed by atoms with Gasteiger partial charge in [0.05, 0.1) is 6.61 Å². The van der Waals surface area contributed by atoms with Crippen LogP contribution in [0.2, 0.25) is 0 Å². The van der Waals surface area contributed by atoms with Crippen LogP contribution >= 0.6 is 7.82 Å². The molecule has 43 heavy (non-hydrogen) atoms. The lowest BCUT2D eigenvalue weighted by atomic mass is 10.0. The van der Waals surface area contributed by atoms with Crippen LogP contribution in [0.5, 0.6) is 0 Å². The average molecular weight is 635 g/mol. The van der Waals surface area contributed by atoms with Crippen LogP contribution in [-0.4, -0.2) is 41.0 Å². The smallest absolute Gasteiger partial charge is 0.462 e. The molecule has 8 nitrogen and oxygen atoms in total. The molecule has 1 atom stereocenters. The lowest BCUT2D eigenvalue weighted by Crippen LogP contribution is -2.29. The Morgan fingerprint density at radius 2 is 0.884 bits per heavy atom. The second-order valence-corrected chi connectivity index (χ2v) is 13.5. The molecule has 0 aromatic carbocycles. The Kier molecular flexibility index (Phi) is 30.4. The molecule has 2 N–H and O–H groups in total. The molecule has 0 fully saturated rings. The molecule has 0 bridgehead atoms. The van der Waals surface area contributed by atoms with Crippen LogP contribution in [0.4, 0.5) is 0 Å². The monoisotopic (exact) mass is 634 g/mol. The summed E-state index contributed by atoms with van der Waals surface area (Å²) in [5.41, 5.74) is 0. The number of rotatable bonds is 33. The van der Waals surface area contributed by atoms with Crippen molar-refractivity contribution in [2.24, 2.45) is 0 Å². The number of phosphoric ester groups is 1. The minimum Gasteiger partial charge on any atom is -0.462 e. The van der Waals surface area contributed by atoms with Crippen LogP contribution in [0.15, 0.2) is 0 Å². The van der Waals surface area contributed by atoms with E-state index in [1.807, 2.05) is 6.92 Å². The van der Waals surface area contributed by atoms with E-state index >= 15 is 0 Å². The van der Waals surface area contributed by atoms with Crippen LogP contribution in [0.25, 0.3) is 0 Å². The van der Waals surface area contributed by atoms with Crippen molar-refractivity contribution >= 4 is 19.8 Å². The van der Waals surface area contributed by atoms with Crippen LogP contribution < -0.4 is 0 Å². The Labute approximate surface area is 264 Å². The van der Waals surface area contributed by atoms with Gasteiger partial charge in [-0.3, -0.25) is 14.1 Å². The first-order valence-corrected chi connectivity index (χ1v) is 19.4. The van der Waals surface area contributed by atoms with Gasteiger partial charge < -0.3 is 19.3 Å². The number of esters is 2. The number of ether oxygens (including phenoxy) is 2.